The predicted molar refractivity (Wildman–Crippen MR) is 24.6 cm³/mol. The summed E-state index contributed by atoms with van der Waals surface area (Å²) in [5.74, 6) is -0.370. The summed E-state index contributed by atoms with van der Waals surface area (Å²) in [5, 5.41) is 15.7. The van der Waals surface area contributed by atoms with Gasteiger partial charge in [0.15, 0.2) is 11.4 Å². The Morgan fingerprint density at radius 3 is 2.67 bits per heavy atom. The highest BCUT2D eigenvalue weighted by atomic mass is 16.6. The Balaban J connectivity index is 0.000000640. The molecular formula is C2H3N3O4. The molecule has 0 aliphatic heterocycles. The van der Waals surface area contributed by atoms with Gasteiger partial charge in [0.25, 0.3) is 0 Å². The molecule has 0 amide bonds. The molecule has 0 spiro atoms. The highest BCUT2D eigenvalue weighted by Crippen LogP contribution is 1.99. The maximum Gasteiger partial charge on any atom is 0.434 e. The summed E-state index contributed by atoms with van der Waals surface area (Å²) in [4.78, 5) is 9.02. The van der Waals surface area contributed by atoms with Gasteiger partial charge in [0.2, 0.25) is 0 Å². The van der Waals surface area contributed by atoms with Crippen LogP contribution in [-0.2, 0) is 0 Å². The third-order valence-electron chi connectivity index (χ3n) is 0.537. The number of aromatic nitrogens is 2. The van der Waals surface area contributed by atoms with Gasteiger partial charge in [-0.2, -0.15) is 0 Å². The van der Waals surface area contributed by atoms with Crippen molar-refractivity contribution in [3.05, 3.63) is 16.3 Å². The maximum atomic E-state index is 9.71. The van der Waals surface area contributed by atoms with E-state index in [1.807, 2.05) is 0 Å². The van der Waals surface area contributed by atoms with E-state index in [1.54, 1.807) is 0 Å². The zero-order valence-electron chi connectivity index (χ0n) is 4.14. The van der Waals surface area contributed by atoms with Crippen molar-refractivity contribution in [2.24, 2.45) is 0 Å². The van der Waals surface area contributed by atoms with Gasteiger partial charge in [-0.15, -0.1) is 4.63 Å². The number of nitro groups is 1. The Bertz CT molecular complexity index is 182. The molecule has 1 heterocycles. The van der Waals surface area contributed by atoms with Crippen molar-refractivity contribution in [3.63, 3.8) is 0 Å². The van der Waals surface area contributed by atoms with E-state index >= 15 is 0 Å². The van der Waals surface area contributed by atoms with Crippen LogP contribution in [0.1, 0.15) is 0 Å². The lowest BCUT2D eigenvalue weighted by Gasteiger charge is -1.78. The lowest BCUT2D eigenvalue weighted by atomic mass is 10.8. The van der Waals surface area contributed by atoms with E-state index in [1.165, 1.54) is 0 Å². The topological polar surface area (TPSA) is 114 Å². The summed E-state index contributed by atoms with van der Waals surface area (Å²) in [7, 11) is 0. The first-order chi connectivity index (χ1) is 3.80. The number of hydrogen-bond acceptors (Lipinski definition) is 5. The molecule has 7 heteroatoms. The van der Waals surface area contributed by atoms with Crippen molar-refractivity contribution in [1.82, 2.24) is 10.3 Å². The molecule has 0 saturated heterocycles. The van der Waals surface area contributed by atoms with Gasteiger partial charge in [0.1, 0.15) is 0 Å². The molecule has 0 aliphatic rings. The second-order valence-electron chi connectivity index (χ2n) is 1.02. The number of hydrogen-bond donors (Lipinski definition) is 0. The monoisotopic (exact) mass is 133 g/mol. The molecule has 0 atom stereocenters. The van der Waals surface area contributed by atoms with Crippen LogP contribution in [0.3, 0.4) is 0 Å². The van der Waals surface area contributed by atoms with Crippen LogP contribution in [0.25, 0.3) is 0 Å². The lowest BCUT2D eigenvalue weighted by Crippen LogP contribution is -1.85. The smallest absolute Gasteiger partial charge is 0.412 e. The Morgan fingerprint density at radius 1 is 1.78 bits per heavy atom. The van der Waals surface area contributed by atoms with Crippen LogP contribution in [0.15, 0.2) is 10.8 Å². The summed E-state index contributed by atoms with van der Waals surface area (Å²) in [6.45, 7) is 0. The molecule has 0 aromatic carbocycles. The fourth-order valence-electron chi connectivity index (χ4n) is 0.240. The van der Waals surface area contributed by atoms with Crippen LogP contribution in [0, 0.1) is 10.1 Å². The van der Waals surface area contributed by atoms with Gasteiger partial charge in [-0.05, 0) is 10.1 Å². The van der Waals surface area contributed by atoms with Crippen molar-refractivity contribution in [3.8, 4) is 0 Å². The second-order valence-corrected chi connectivity index (χ2v) is 1.02. The van der Waals surface area contributed by atoms with Crippen LogP contribution in [-0.4, -0.2) is 20.7 Å². The van der Waals surface area contributed by atoms with E-state index in [4.69, 9.17) is 0 Å². The zero-order valence-corrected chi connectivity index (χ0v) is 4.14. The minimum absolute atomic E-state index is 0. The van der Waals surface area contributed by atoms with Crippen LogP contribution in [0.4, 0.5) is 5.82 Å². The molecule has 0 aliphatic carbocycles. The van der Waals surface area contributed by atoms with Crippen LogP contribution in [0.5, 0.6) is 0 Å². The molecule has 0 saturated carbocycles. The molecular weight excluding hydrogens is 130 g/mol. The van der Waals surface area contributed by atoms with E-state index in [9.17, 15) is 10.1 Å². The van der Waals surface area contributed by atoms with E-state index in [2.05, 4.69) is 14.9 Å². The first kappa shape index (κ1) is 7.50. The molecule has 7 nitrogen and oxygen atoms in total. The zero-order chi connectivity index (χ0) is 5.98. The summed E-state index contributed by atoms with van der Waals surface area (Å²) in [5.41, 5.74) is 0. The first-order valence-electron chi connectivity index (χ1n) is 1.72. The average molecular weight is 133 g/mol. The van der Waals surface area contributed by atoms with Gasteiger partial charge in [0, 0.05) is 0 Å². The number of nitrogens with zero attached hydrogens (tertiary/aromatic N) is 3. The van der Waals surface area contributed by atoms with Gasteiger partial charge in [-0.25, -0.2) is 0 Å². The van der Waals surface area contributed by atoms with E-state index in [0.29, 0.717) is 0 Å². The molecule has 50 valence electrons. The van der Waals surface area contributed by atoms with Gasteiger partial charge in [-0.3, -0.25) is 0 Å². The van der Waals surface area contributed by atoms with Crippen LogP contribution >= 0.6 is 0 Å². The van der Waals surface area contributed by atoms with Gasteiger partial charge in [0.05, 0.1) is 0 Å². The van der Waals surface area contributed by atoms with Crippen molar-refractivity contribution in [2.45, 2.75) is 0 Å². The Labute approximate surface area is 48.7 Å². The molecule has 2 N–H and O–H groups in total. The van der Waals surface area contributed by atoms with Gasteiger partial charge in [-0.1, -0.05) is 0 Å². The molecule has 1 rings (SSSR count). The van der Waals surface area contributed by atoms with Crippen molar-refractivity contribution < 1.29 is 15.0 Å². The average Bonchev–Trinajstić information content (AvgIpc) is 2.12. The Kier molecular flexibility index (Phi) is 2.27. The lowest BCUT2D eigenvalue weighted by molar-refractivity contribution is -0.390. The number of rotatable bonds is 1. The van der Waals surface area contributed by atoms with E-state index < -0.39 is 4.92 Å². The third kappa shape index (κ3) is 1.46. The van der Waals surface area contributed by atoms with E-state index in [-0.39, 0.29) is 11.3 Å². The summed E-state index contributed by atoms with van der Waals surface area (Å²) in [6, 6.07) is 0. The van der Waals surface area contributed by atoms with Gasteiger partial charge >= 0.3 is 5.82 Å². The largest absolute Gasteiger partial charge is 0.434 e. The summed E-state index contributed by atoms with van der Waals surface area (Å²) < 4.78 is 3.93. The molecule has 1 aromatic rings. The highest BCUT2D eigenvalue weighted by Gasteiger charge is 2.08. The summed E-state index contributed by atoms with van der Waals surface area (Å²) in [6.07, 6.45) is 0.931. The first-order valence-corrected chi connectivity index (χ1v) is 1.72. The minimum atomic E-state index is -0.684. The Hall–Kier alpha value is -1.50. The fourth-order valence-corrected chi connectivity index (χ4v) is 0.240. The van der Waals surface area contributed by atoms with E-state index in [0.717, 1.165) is 6.20 Å². The highest BCUT2D eigenvalue weighted by molar-refractivity contribution is 5.05. The minimum Gasteiger partial charge on any atom is -0.412 e. The summed E-state index contributed by atoms with van der Waals surface area (Å²) >= 11 is 0. The van der Waals surface area contributed by atoms with Crippen molar-refractivity contribution in [1.29, 1.82) is 0 Å². The second kappa shape index (κ2) is 2.72. The standard InChI is InChI=1S/C2HN3O3.H2O/c6-5(7)2-1-3-8-4-2;/h1H;1H2. The maximum absolute atomic E-state index is 9.71. The van der Waals surface area contributed by atoms with Gasteiger partial charge < -0.3 is 15.6 Å². The molecule has 9 heavy (non-hydrogen) atoms. The molecule has 0 fully saturated rings. The van der Waals surface area contributed by atoms with Crippen molar-refractivity contribution in [2.75, 3.05) is 0 Å². The van der Waals surface area contributed by atoms with Crippen LogP contribution in [0.2, 0.25) is 0 Å². The quantitative estimate of drug-likeness (QED) is 0.365. The third-order valence-corrected chi connectivity index (χ3v) is 0.537. The Morgan fingerprint density at radius 2 is 2.44 bits per heavy atom. The van der Waals surface area contributed by atoms with Crippen molar-refractivity contribution >= 4 is 5.82 Å². The fraction of sp³-hybridized carbons (Fsp3) is 0. The molecule has 1 aromatic heterocycles. The van der Waals surface area contributed by atoms with Crippen LogP contribution < -0.4 is 0 Å². The molecule has 0 bridgehead atoms. The predicted octanol–water partition coefficient (Wildman–Crippen LogP) is -0.847. The molecule has 0 radical (unpaired) electrons. The SMILES string of the molecule is O.O=[N+]([O-])c1cnon1. The normalized spacial score (nSPS) is 8.00. The molecule has 0 unspecified atom stereocenters.